The van der Waals surface area contributed by atoms with Crippen LogP contribution in [0.5, 0.6) is 0 Å². The Bertz CT molecular complexity index is 802. The summed E-state index contributed by atoms with van der Waals surface area (Å²) in [5.41, 5.74) is 2.62. The first kappa shape index (κ1) is 19.5. The molecule has 0 spiro atoms. The molecule has 2 unspecified atom stereocenters. The minimum Gasteiger partial charge on any atom is -0.373 e. The van der Waals surface area contributed by atoms with Crippen LogP contribution in [-0.4, -0.2) is 23.4 Å². The van der Waals surface area contributed by atoms with Gasteiger partial charge in [0.15, 0.2) is 0 Å². The standard InChI is InChI=1S/C23H31N3O/c1-16(2)19-8-6-7-9-20(19)25-21(27)17(12-24)13-26-15-23(5)11-18(26)10-22(3,4)14-23/h6-9,13,16,18H,10-11,14-15H2,1-5H3,(H,25,27)/b17-13-. The maximum absolute atomic E-state index is 12.8. The third kappa shape index (κ3) is 4.18. The molecular weight excluding hydrogens is 334 g/mol. The van der Waals surface area contributed by atoms with Gasteiger partial charge in [0.1, 0.15) is 11.6 Å². The minimum atomic E-state index is -0.323. The summed E-state index contributed by atoms with van der Waals surface area (Å²) in [7, 11) is 0. The Kier molecular flexibility index (Phi) is 5.08. The van der Waals surface area contributed by atoms with Gasteiger partial charge in [-0.1, -0.05) is 52.8 Å². The van der Waals surface area contributed by atoms with Crippen molar-refractivity contribution in [3.63, 3.8) is 0 Å². The number of anilines is 1. The lowest BCUT2D eigenvalue weighted by Crippen LogP contribution is -2.33. The number of rotatable bonds is 4. The van der Waals surface area contributed by atoms with Gasteiger partial charge < -0.3 is 10.2 Å². The van der Waals surface area contributed by atoms with Gasteiger partial charge in [-0.2, -0.15) is 5.26 Å². The van der Waals surface area contributed by atoms with Crippen molar-refractivity contribution in [1.82, 2.24) is 4.90 Å². The van der Waals surface area contributed by atoms with Crippen LogP contribution in [0.1, 0.15) is 65.4 Å². The van der Waals surface area contributed by atoms with Crippen molar-refractivity contribution in [1.29, 1.82) is 5.26 Å². The lowest BCUT2D eigenvalue weighted by atomic mass is 9.65. The van der Waals surface area contributed by atoms with Gasteiger partial charge in [-0.3, -0.25) is 4.79 Å². The van der Waals surface area contributed by atoms with Crippen molar-refractivity contribution in [2.24, 2.45) is 10.8 Å². The summed E-state index contributed by atoms with van der Waals surface area (Å²) in [6, 6.07) is 10.3. The Morgan fingerprint density at radius 1 is 1.30 bits per heavy atom. The van der Waals surface area contributed by atoms with Crippen LogP contribution in [0.25, 0.3) is 0 Å². The number of para-hydroxylation sites is 1. The lowest BCUT2D eigenvalue weighted by Gasteiger charge is -2.39. The van der Waals surface area contributed by atoms with Gasteiger partial charge >= 0.3 is 0 Å². The van der Waals surface area contributed by atoms with Crippen LogP contribution in [0, 0.1) is 22.2 Å². The van der Waals surface area contributed by atoms with E-state index in [1.165, 1.54) is 6.42 Å². The molecule has 0 aromatic heterocycles. The largest absolute Gasteiger partial charge is 0.373 e. The Hall–Kier alpha value is -2.28. The summed E-state index contributed by atoms with van der Waals surface area (Å²) >= 11 is 0. The second-order valence-corrected chi connectivity index (χ2v) is 9.74. The molecule has 1 aliphatic heterocycles. The van der Waals surface area contributed by atoms with E-state index in [2.05, 4.69) is 50.9 Å². The second kappa shape index (κ2) is 7.03. The van der Waals surface area contributed by atoms with Crippen molar-refractivity contribution in [2.75, 3.05) is 11.9 Å². The van der Waals surface area contributed by atoms with E-state index in [4.69, 9.17) is 0 Å². The molecular formula is C23H31N3O. The molecule has 3 rings (SSSR count). The fraction of sp³-hybridized carbons (Fsp3) is 0.565. The number of nitrogens with zero attached hydrogens (tertiary/aromatic N) is 2. The van der Waals surface area contributed by atoms with Crippen molar-refractivity contribution in [2.45, 2.75) is 65.8 Å². The zero-order valence-corrected chi connectivity index (χ0v) is 17.2. The molecule has 2 atom stereocenters. The predicted molar refractivity (Wildman–Crippen MR) is 109 cm³/mol. The molecule has 4 heteroatoms. The third-order valence-electron chi connectivity index (χ3n) is 5.95. The van der Waals surface area contributed by atoms with Crippen LogP contribution in [0.15, 0.2) is 36.0 Å². The maximum Gasteiger partial charge on any atom is 0.267 e. The van der Waals surface area contributed by atoms with Crippen molar-refractivity contribution >= 4 is 11.6 Å². The molecule has 1 aromatic carbocycles. The smallest absolute Gasteiger partial charge is 0.267 e. The molecule has 4 nitrogen and oxygen atoms in total. The van der Waals surface area contributed by atoms with Crippen LogP contribution >= 0.6 is 0 Å². The van der Waals surface area contributed by atoms with E-state index in [9.17, 15) is 10.1 Å². The van der Waals surface area contributed by atoms with Gasteiger partial charge in [-0.05, 0) is 47.6 Å². The monoisotopic (exact) mass is 365 g/mol. The maximum atomic E-state index is 12.8. The number of nitrogens with one attached hydrogen (secondary N) is 1. The molecule has 1 saturated heterocycles. The van der Waals surface area contributed by atoms with Crippen LogP contribution in [-0.2, 0) is 4.79 Å². The van der Waals surface area contributed by atoms with Gasteiger partial charge in [0.05, 0.1) is 0 Å². The Labute approximate surface area is 163 Å². The predicted octanol–water partition coefficient (Wildman–Crippen LogP) is 5.06. The van der Waals surface area contributed by atoms with Gasteiger partial charge in [0.25, 0.3) is 5.91 Å². The second-order valence-electron chi connectivity index (χ2n) is 9.74. The van der Waals surface area contributed by atoms with Crippen LogP contribution in [0.4, 0.5) is 5.69 Å². The van der Waals surface area contributed by atoms with Crippen LogP contribution in [0.3, 0.4) is 0 Å². The summed E-state index contributed by atoms with van der Waals surface area (Å²) in [5.74, 6) is -0.0208. The molecule has 144 valence electrons. The number of carbonyl (C=O) groups is 1. The molecule has 2 bridgehead atoms. The summed E-state index contributed by atoms with van der Waals surface area (Å²) in [5, 5.41) is 12.6. The highest BCUT2D eigenvalue weighted by atomic mass is 16.1. The van der Waals surface area contributed by atoms with E-state index < -0.39 is 0 Å². The quantitative estimate of drug-likeness (QED) is 0.599. The molecule has 1 amide bonds. The van der Waals surface area contributed by atoms with Gasteiger partial charge in [-0.15, -0.1) is 0 Å². The third-order valence-corrected chi connectivity index (χ3v) is 5.95. The van der Waals surface area contributed by atoms with Gasteiger partial charge in [0, 0.05) is 24.5 Å². The number of hydrogen-bond acceptors (Lipinski definition) is 3. The summed E-state index contributed by atoms with van der Waals surface area (Å²) in [6.07, 6.45) is 5.24. The molecule has 1 aliphatic carbocycles. The van der Waals surface area contributed by atoms with Gasteiger partial charge in [-0.25, -0.2) is 0 Å². The number of fused-ring (bicyclic) bond motifs is 2. The lowest BCUT2D eigenvalue weighted by molar-refractivity contribution is -0.112. The molecule has 1 aromatic rings. The number of nitriles is 1. The SMILES string of the molecule is CC(C)c1ccccc1NC(=O)/C(C#N)=C\N1CC2(C)CC1CC(C)(C)C2. The van der Waals surface area contributed by atoms with E-state index in [-0.39, 0.29) is 16.9 Å². The van der Waals surface area contributed by atoms with Crippen molar-refractivity contribution in [3.8, 4) is 6.07 Å². The summed E-state index contributed by atoms with van der Waals surface area (Å²) < 4.78 is 0. The fourth-order valence-electron chi connectivity index (χ4n) is 5.26. The van der Waals surface area contributed by atoms with E-state index in [1.807, 2.05) is 24.3 Å². The van der Waals surface area contributed by atoms with E-state index in [1.54, 1.807) is 6.20 Å². The average molecular weight is 366 g/mol. The number of hydrogen-bond donors (Lipinski definition) is 1. The fourth-order valence-corrected chi connectivity index (χ4v) is 5.26. The number of carbonyl (C=O) groups excluding carboxylic acids is 1. The number of likely N-dealkylation sites (tertiary alicyclic amines) is 1. The topological polar surface area (TPSA) is 56.1 Å². The Balaban J connectivity index is 1.80. The van der Waals surface area contributed by atoms with Crippen molar-refractivity contribution in [3.05, 3.63) is 41.6 Å². The zero-order chi connectivity index (χ0) is 19.8. The zero-order valence-electron chi connectivity index (χ0n) is 17.2. The van der Waals surface area contributed by atoms with Gasteiger partial charge in [0.2, 0.25) is 0 Å². The van der Waals surface area contributed by atoms with Crippen LogP contribution in [0.2, 0.25) is 0 Å². The van der Waals surface area contributed by atoms with E-state index >= 15 is 0 Å². The van der Waals surface area contributed by atoms with E-state index in [0.29, 0.717) is 17.4 Å². The normalized spacial score (nSPS) is 26.8. The Morgan fingerprint density at radius 3 is 2.67 bits per heavy atom. The first-order chi connectivity index (χ1) is 12.6. The average Bonchev–Trinajstić information content (AvgIpc) is 2.80. The molecule has 1 N–H and O–H groups in total. The number of amides is 1. The molecule has 0 radical (unpaired) electrons. The van der Waals surface area contributed by atoms with Crippen molar-refractivity contribution < 1.29 is 4.79 Å². The first-order valence-corrected chi connectivity index (χ1v) is 9.90. The molecule has 27 heavy (non-hydrogen) atoms. The highest BCUT2D eigenvalue weighted by molar-refractivity contribution is 6.06. The highest BCUT2D eigenvalue weighted by Crippen LogP contribution is 2.52. The summed E-state index contributed by atoms with van der Waals surface area (Å²) in [4.78, 5) is 15.0. The minimum absolute atomic E-state index is 0.183. The Morgan fingerprint density at radius 2 is 2.00 bits per heavy atom. The molecule has 2 fully saturated rings. The molecule has 1 heterocycles. The molecule has 1 saturated carbocycles. The summed E-state index contributed by atoms with van der Waals surface area (Å²) in [6.45, 7) is 12.1. The van der Waals surface area contributed by atoms with Crippen LogP contribution < -0.4 is 5.32 Å². The first-order valence-electron chi connectivity index (χ1n) is 9.90. The highest BCUT2D eigenvalue weighted by Gasteiger charge is 2.48. The molecule has 2 aliphatic rings. The van der Waals surface area contributed by atoms with E-state index in [0.717, 1.165) is 30.6 Å². The number of benzene rings is 1.